The number of hydrogen-bond donors (Lipinski definition) is 1. The van der Waals surface area contributed by atoms with Crippen molar-refractivity contribution in [1.29, 1.82) is 0 Å². The van der Waals surface area contributed by atoms with Crippen LogP contribution >= 0.6 is 0 Å². The predicted molar refractivity (Wildman–Crippen MR) is 98.3 cm³/mol. The number of anilines is 2. The molecule has 0 radical (unpaired) electrons. The summed E-state index contributed by atoms with van der Waals surface area (Å²) >= 11 is 0. The predicted octanol–water partition coefficient (Wildman–Crippen LogP) is 4.33. The minimum atomic E-state index is 0.0174. The first-order valence-corrected chi connectivity index (χ1v) is 8.24. The van der Waals surface area contributed by atoms with Crippen molar-refractivity contribution < 1.29 is 4.79 Å². The van der Waals surface area contributed by atoms with Gasteiger partial charge in [-0.3, -0.25) is 4.79 Å². The highest BCUT2D eigenvalue weighted by Gasteiger charge is 2.06. The zero-order chi connectivity index (χ0) is 16.8. The Morgan fingerprint density at radius 2 is 1.61 bits per heavy atom. The standard InChI is InChI=1S/C20H26N2O/c1-5-22(6-2)19-11-9-18(10-12-19)21-20(23)14-17-8-7-15(3)16(4)13-17/h7-13H,5-6,14H2,1-4H3,(H,21,23). The Morgan fingerprint density at radius 3 is 2.17 bits per heavy atom. The second kappa shape index (κ2) is 7.82. The third-order valence-electron chi connectivity index (χ3n) is 4.22. The van der Waals surface area contributed by atoms with E-state index in [9.17, 15) is 4.79 Å². The van der Waals surface area contributed by atoms with Gasteiger partial charge in [0.1, 0.15) is 0 Å². The van der Waals surface area contributed by atoms with Gasteiger partial charge in [0.05, 0.1) is 6.42 Å². The highest BCUT2D eigenvalue weighted by atomic mass is 16.1. The maximum absolute atomic E-state index is 12.2. The molecule has 3 nitrogen and oxygen atoms in total. The molecule has 0 saturated heterocycles. The summed E-state index contributed by atoms with van der Waals surface area (Å²) in [5.74, 6) is 0.0174. The molecule has 0 aliphatic rings. The number of rotatable bonds is 6. The maximum atomic E-state index is 12.2. The van der Waals surface area contributed by atoms with Crippen LogP contribution in [0, 0.1) is 13.8 Å². The van der Waals surface area contributed by atoms with Crippen molar-refractivity contribution >= 4 is 17.3 Å². The van der Waals surface area contributed by atoms with Gasteiger partial charge in [-0.2, -0.15) is 0 Å². The topological polar surface area (TPSA) is 32.3 Å². The summed E-state index contributed by atoms with van der Waals surface area (Å²) in [6, 6.07) is 14.2. The van der Waals surface area contributed by atoms with Crippen LogP contribution in [0.4, 0.5) is 11.4 Å². The average molecular weight is 310 g/mol. The number of benzene rings is 2. The summed E-state index contributed by atoms with van der Waals surface area (Å²) in [6.07, 6.45) is 0.402. The van der Waals surface area contributed by atoms with E-state index in [-0.39, 0.29) is 5.91 Å². The Balaban J connectivity index is 1.98. The second-order valence-electron chi connectivity index (χ2n) is 5.86. The summed E-state index contributed by atoms with van der Waals surface area (Å²) in [7, 11) is 0. The van der Waals surface area contributed by atoms with Crippen molar-refractivity contribution in [3.63, 3.8) is 0 Å². The van der Waals surface area contributed by atoms with E-state index >= 15 is 0 Å². The molecular formula is C20H26N2O. The fourth-order valence-electron chi connectivity index (χ4n) is 2.65. The van der Waals surface area contributed by atoms with Crippen LogP contribution in [-0.2, 0) is 11.2 Å². The highest BCUT2D eigenvalue weighted by molar-refractivity contribution is 5.92. The molecule has 2 aromatic rings. The maximum Gasteiger partial charge on any atom is 0.228 e. The number of carbonyl (C=O) groups excluding carboxylic acids is 1. The van der Waals surface area contributed by atoms with Crippen molar-refractivity contribution in [3.05, 3.63) is 59.2 Å². The van der Waals surface area contributed by atoms with Gasteiger partial charge in [-0.1, -0.05) is 18.2 Å². The highest BCUT2D eigenvalue weighted by Crippen LogP contribution is 2.18. The van der Waals surface area contributed by atoms with Crippen molar-refractivity contribution in [2.24, 2.45) is 0 Å². The van der Waals surface area contributed by atoms with Gasteiger partial charge in [-0.05, 0) is 68.7 Å². The first-order chi connectivity index (χ1) is 11.0. The van der Waals surface area contributed by atoms with Gasteiger partial charge in [0.25, 0.3) is 0 Å². The second-order valence-corrected chi connectivity index (χ2v) is 5.86. The summed E-state index contributed by atoms with van der Waals surface area (Å²) in [5, 5.41) is 2.97. The zero-order valence-corrected chi connectivity index (χ0v) is 14.5. The van der Waals surface area contributed by atoms with Crippen LogP contribution in [0.2, 0.25) is 0 Å². The first-order valence-electron chi connectivity index (χ1n) is 8.24. The summed E-state index contributed by atoms with van der Waals surface area (Å²) in [4.78, 5) is 14.5. The SMILES string of the molecule is CCN(CC)c1ccc(NC(=O)Cc2ccc(C)c(C)c2)cc1. The molecule has 2 aromatic carbocycles. The molecule has 0 aliphatic carbocycles. The van der Waals surface area contributed by atoms with E-state index in [0.29, 0.717) is 6.42 Å². The number of hydrogen-bond acceptors (Lipinski definition) is 2. The van der Waals surface area contributed by atoms with E-state index in [1.165, 1.54) is 16.8 Å². The third kappa shape index (κ3) is 4.59. The van der Waals surface area contributed by atoms with Crippen molar-refractivity contribution in [3.8, 4) is 0 Å². The molecule has 3 heteroatoms. The molecule has 0 bridgehead atoms. The Hall–Kier alpha value is -2.29. The molecule has 0 aromatic heterocycles. The van der Waals surface area contributed by atoms with E-state index in [0.717, 1.165) is 24.3 Å². The molecule has 1 N–H and O–H groups in total. The van der Waals surface area contributed by atoms with Gasteiger partial charge >= 0.3 is 0 Å². The fraction of sp³-hybridized carbons (Fsp3) is 0.350. The van der Waals surface area contributed by atoms with E-state index in [4.69, 9.17) is 0 Å². The Bertz CT molecular complexity index is 658. The van der Waals surface area contributed by atoms with E-state index in [1.807, 2.05) is 18.2 Å². The van der Waals surface area contributed by atoms with Gasteiger partial charge in [0.15, 0.2) is 0 Å². The summed E-state index contributed by atoms with van der Waals surface area (Å²) in [5.41, 5.74) is 5.54. The van der Waals surface area contributed by atoms with Crippen LogP contribution in [0.3, 0.4) is 0 Å². The van der Waals surface area contributed by atoms with Gasteiger partial charge < -0.3 is 10.2 Å². The third-order valence-corrected chi connectivity index (χ3v) is 4.22. The number of nitrogens with zero attached hydrogens (tertiary/aromatic N) is 1. The molecule has 0 saturated carbocycles. The Labute approximate surface area is 139 Å². The van der Waals surface area contributed by atoms with E-state index in [2.05, 4.69) is 62.2 Å². The minimum absolute atomic E-state index is 0.0174. The van der Waals surface area contributed by atoms with Crippen LogP contribution in [-0.4, -0.2) is 19.0 Å². The van der Waals surface area contributed by atoms with Crippen LogP contribution in [0.15, 0.2) is 42.5 Å². The number of nitrogens with one attached hydrogen (secondary N) is 1. The van der Waals surface area contributed by atoms with Crippen molar-refractivity contribution in [2.45, 2.75) is 34.1 Å². The molecule has 122 valence electrons. The molecule has 0 aliphatic heterocycles. The van der Waals surface area contributed by atoms with Crippen LogP contribution in [0.5, 0.6) is 0 Å². The van der Waals surface area contributed by atoms with Crippen molar-refractivity contribution in [1.82, 2.24) is 0 Å². The zero-order valence-electron chi connectivity index (χ0n) is 14.5. The average Bonchev–Trinajstić information content (AvgIpc) is 2.53. The monoisotopic (exact) mass is 310 g/mol. The molecule has 0 atom stereocenters. The van der Waals surface area contributed by atoms with Crippen LogP contribution in [0.25, 0.3) is 0 Å². The molecule has 23 heavy (non-hydrogen) atoms. The van der Waals surface area contributed by atoms with Gasteiger partial charge in [0.2, 0.25) is 5.91 Å². The molecular weight excluding hydrogens is 284 g/mol. The van der Waals surface area contributed by atoms with Gasteiger partial charge in [0, 0.05) is 24.5 Å². The summed E-state index contributed by atoms with van der Waals surface area (Å²) < 4.78 is 0. The number of amides is 1. The Morgan fingerprint density at radius 1 is 0.957 bits per heavy atom. The smallest absolute Gasteiger partial charge is 0.228 e. The fourth-order valence-corrected chi connectivity index (χ4v) is 2.65. The number of aryl methyl sites for hydroxylation is 2. The molecule has 2 rings (SSSR count). The molecule has 0 fully saturated rings. The van der Waals surface area contributed by atoms with Crippen LogP contribution < -0.4 is 10.2 Å². The minimum Gasteiger partial charge on any atom is -0.372 e. The van der Waals surface area contributed by atoms with E-state index < -0.39 is 0 Å². The molecule has 0 unspecified atom stereocenters. The lowest BCUT2D eigenvalue weighted by Crippen LogP contribution is -2.21. The quantitative estimate of drug-likeness (QED) is 0.861. The lowest BCUT2D eigenvalue weighted by molar-refractivity contribution is -0.115. The van der Waals surface area contributed by atoms with Crippen LogP contribution in [0.1, 0.15) is 30.5 Å². The Kier molecular flexibility index (Phi) is 5.80. The van der Waals surface area contributed by atoms with Crippen molar-refractivity contribution in [2.75, 3.05) is 23.3 Å². The first kappa shape index (κ1) is 17.1. The van der Waals surface area contributed by atoms with E-state index in [1.54, 1.807) is 0 Å². The lowest BCUT2D eigenvalue weighted by atomic mass is 10.0. The lowest BCUT2D eigenvalue weighted by Gasteiger charge is -2.21. The summed E-state index contributed by atoms with van der Waals surface area (Å²) in [6.45, 7) is 10.4. The molecule has 1 amide bonds. The normalized spacial score (nSPS) is 10.4. The van der Waals surface area contributed by atoms with Gasteiger partial charge in [-0.15, -0.1) is 0 Å². The molecule has 0 heterocycles. The van der Waals surface area contributed by atoms with Gasteiger partial charge in [-0.25, -0.2) is 0 Å². The number of carbonyl (C=O) groups is 1. The largest absolute Gasteiger partial charge is 0.372 e. The molecule has 0 spiro atoms.